The lowest BCUT2D eigenvalue weighted by Gasteiger charge is -2.33. The van der Waals surface area contributed by atoms with Gasteiger partial charge >= 0.3 is 12.4 Å². The molecule has 7 nitrogen and oxygen atoms in total. The fraction of sp³-hybridized carbons (Fsp3) is 0.304. The van der Waals surface area contributed by atoms with Crippen molar-refractivity contribution < 1.29 is 40.6 Å². The number of ether oxygens (including phenoxy) is 2. The van der Waals surface area contributed by atoms with E-state index in [9.17, 15) is 31.1 Å². The number of methoxy groups -OCH3 is 2. The van der Waals surface area contributed by atoms with Gasteiger partial charge in [0.1, 0.15) is 5.82 Å². The third kappa shape index (κ3) is 5.04. The molecular weight excluding hydrogens is 494 g/mol. The van der Waals surface area contributed by atoms with Crippen molar-refractivity contribution in [3.05, 3.63) is 65.4 Å². The normalized spacial score (nSPS) is 17.7. The van der Waals surface area contributed by atoms with Crippen molar-refractivity contribution in [1.82, 2.24) is 9.78 Å². The van der Waals surface area contributed by atoms with Crippen molar-refractivity contribution in [2.75, 3.05) is 24.9 Å². The van der Waals surface area contributed by atoms with Crippen LogP contribution in [0.25, 0.3) is 0 Å². The van der Waals surface area contributed by atoms with Crippen LogP contribution >= 0.6 is 0 Å². The first-order chi connectivity index (χ1) is 16.9. The van der Waals surface area contributed by atoms with E-state index in [2.05, 4.69) is 15.7 Å². The topological polar surface area (TPSA) is 77.4 Å². The molecule has 1 aliphatic rings. The minimum absolute atomic E-state index is 0.0717. The number of anilines is 2. The lowest BCUT2D eigenvalue weighted by Crippen LogP contribution is -2.35. The Hall–Kier alpha value is -3.90. The monoisotopic (exact) mass is 514 g/mol. The van der Waals surface area contributed by atoms with Crippen molar-refractivity contribution >= 4 is 17.4 Å². The van der Waals surface area contributed by atoms with Crippen LogP contribution in [0.3, 0.4) is 0 Å². The summed E-state index contributed by atoms with van der Waals surface area (Å²) in [5.74, 6) is -0.289. The fourth-order valence-electron chi connectivity index (χ4n) is 3.94. The number of nitrogens with one attached hydrogen (secondary N) is 2. The molecule has 192 valence electrons. The van der Waals surface area contributed by atoms with Crippen LogP contribution in [-0.4, -0.2) is 36.1 Å². The lowest BCUT2D eigenvalue weighted by atomic mass is 9.96. The molecule has 1 amide bonds. The predicted octanol–water partition coefficient (Wildman–Crippen LogP) is 5.83. The second kappa shape index (κ2) is 9.28. The van der Waals surface area contributed by atoms with Crippen molar-refractivity contribution in [2.45, 2.75) is 30.9 Å². The quantitative estimate of drug-likeness (QED) is 0.419. The first-order valence-electron chi connectivity index (χ1n) is 10.5. The van der Waals surface area contributed by atoms with Gasteiger partial charge in [-0.3, -0.25) is 4.79 Å². The fourth-order valence-corrected chi connectivity index (χ4v) is 3.94. The van der Waals surface area contributed by atoms with Gasteiger partial charge in [-0.1, -0.05) is 12.1 Å². The Morgan fingerprint density at radius 1 is 1.03 bits per heavy atom. The van der Waals surface area contributed by atoms with Crippen LogP contribution in [0.5, 0.6) is 11.5 Å². The van der Waals surface area contributed by atoms with Crippen LogP contribution in [0, 0.1) is 0 Å². The average molecular weight is 514 g/mol. The summed E-state index contributed by atoms with van der Waals surface area (Å²) in [6.45, 7) is 0. The highest BCUT2D eigenvalue weighted by atomic mass is 19.4. The number of amides is 1. The van der Waals surface area contributed by atoms with E-state index in [-0.39, 0.29) is 11.5 Å². The second-order valence-electron chi connectivity index (χ2n) is 8.00. The predicted molar refractivity (Wildman–Crippen MR) is 117 cm³/mol. The van der Waals surface area contributed by atoms with Crippen LogP contribution in [0.4, 0.5) is 37.8 Å². The molecule has 2 N–H and O–H groups in total. The number of hydrogen-bond acceptors (Lipinski definition) is 5. The highest BCUT2D eigenvalue weighted by molar-refractivity contribution is 6.03. The van der Waals surface area contributed by atoms with Gasteiger partial charge in [-0.05, 0) is 35.9 Å². The molecule has 0 saturated heterocycles. The number of rotatable bonds is 5. The molecule has 1 aliphatic heterocycles. The zero-order valence-corrected chi connectivity index (χ0v) is 18.9. The van der Waals surface area contributed by atoms with E-state index in [1.54, 1.807) is 18.2 Å². The number of alkyl halides is 6. The maximum absolute atomic E-state index is 13.9. The zero-order chi connectivity index (χ0) is 26.3. The van der Waals surface area contributed by atoms with E-state index in [0.29, 0.717) is 21.7 Å². The van der Waals surface area contributed by atoms with Gasteiger partial charge in [0.2, 0.25) is 0 Å². The van der Waals surface area contributed by atoms with Gasteiger partial charge in [0, 0.05) is 18.2 Å². The molecule has 0 bridgehead atoms. The largest absolute Gasteiger partial charge is 0.493 e. The summed E-state index contributed by atoms with van der Waals surface area (Å²) >= 11 is 0. The van der Waals surface area contributed by atoms with Crippen LogP contribution in [0.15, 0.2) is 48.5 Å². The molecule has 2 aromatic carbocycles. The van der Waals surface area contributed by atoms with Crippen LogP contribution in [0.1, 0.15) is 40.1 Å². The summed E-state index contributed by atoms with van der Waals surface area (Å²) in [5.41, 5.74) is -1.06. The van der Waals surface area contributed by atoms with Gasteiger partial charge in [0.25, 0.3) is 5.91 Å². The van der Waals surface area contributed by atoms with Crippen LogP contribution < -0.4 is 20.1 Å². The average Bonchev–Trinajstić information content (AvgIpc) is 3.26. The Kier molecular flexibility index (Phi) is 6.50. The maximum atomic E-state index is 13.9. The molecule has 2 atom stereocenters. The number of nitrogens with zero attached hydrogens (tertiary/aromatic N) is 2. The third-order valence-corrected chi connectivity index (χ3v) is 5.68. The minimum atomic E-state index is -4.69. The van der Waals surface area contributed by atoms with Gasteiger partial charge in [-0.2, -0.15) is 31.4 Å². The molecule has 2 heterocycles. The molecule has 4 rings (SSSR count). The summed E-state index contributed by atoms with van der Waals surface area (Å²) in [5, 5.41) is 9.01. The first-order valence-corrected chi connectivity index (χ1v) is 10.5. The summed E-state index contributed by atoms with van der Waals surface area (Å²) in [6, 6.07) is 6.86. The summed E-state index contributed by atoms with van der Waals surface area (Å²) < 4.78 is 91.7. The van der Waals surface area contributed by atoms with Gasteiger partial charge in [0.05, 0.1) is 25.8 Å². The zero-order valence-electron chi connectivity index (χ0n) is 18.9. The summed E-state index contributed by atoms with van der Waals surface area (Å²) in [6.07, 6.45) is -9.74. The van der Waals surface area contributed by atoms with E-state index in [4.69, 9.17) is 9.47 Å². The van der Waals surface area contributed by atoms with Crippen molar-refractivity contribution in [1.29, 1.82) is 0 Å². The van der Waals surface area contributed by atoms with Gasteiger partial charge < -0.3 is 20.1 Å². The van der Waals surface area contributed by atoms with Crippen molar-refractivity contribution in [3.8, 4) is 11.5 Å². The highest BCUT2D eigenvalue weighted by Gasteiger charge is 2.47. The smallest absolute Gasteiger partial charge is 0.416 e. The number of halogens is 6. The van der Waals surface area contributed by atoms with Gasteiger partial charge in [-0.15, -0.1) is 0 Å². The number of fused-ring (bicyclic) bond motifs is 1. The SMILES string of the molecule is COc1ccc([C@H]2C[C@@H](C(F)(F)F)n3nc(C(=O)Nc4cccc(C(F)(F)F)c4)cc3N2)cc1OC. The molecule has 0 unspecified atom stereocenters. The molecule has 0 aliphatic carbocycles. The van der Waals surface area contributed by atoms with E-state index in [1.807, 2.05) is 0 Å². The number of carbonyl (C=O) groups excluding carboxylic acids is 1. The second-order valence-corrected chi connectivity index (χ2v) is 8.00. The Labute approximate surface area is 201 Å². The van der Waals surface area contributed by atoms with E-state index in [0.717, 1.165) is 24.3 Å². The van der Waals surface area contributed by atoms with E-state index in [1.165, 1.54) is 20.3 Å². The molecule has 0 spiro atoms. The van der Waals surface area contributed by atoms with E-state index < -0.39 is 48.0 Å². The van der Waals surface area contributed by atoms with Gasteiger partial charge in [-0.25, -0.2) is 4.68 Å². The Morgan fingerprint density at radius 3 is 2.39 bits per heavy atom. The van der Waals surface area contributed by atoms with Crippen LogP contribution in [0.2, 0.25) is 0 Å². The molecular formula is C23H20F6N4O3. The standard InChI is InChI=1S/C23H20F6N4O3/c1-35-17-7-6-12(8-18(17)36-2)15-10-19(23(27,28)29)33-20(31-15)11-16(32-33)21(34)30-14-5-3-4-13(9-14)22(24,25)26/h3-9,11,15,19,31H,10H2,1-2H3,(H,30,34)/t15-,19+/m1/s1. The summed E-state index contributed by atoms with van der Waals surface area (Å²) in [7, 11) is 2.83. The lowest BCUT2D eigenvalue weighted by molar-refractivity contribution is -0.173. The highest BCUT2D eigenvalue weighted by Crippen LogP contribution is 2.44. The third-order valence-electron chi connectivity index (χ3n) is 5.68. The first kappa shape index (κ1) is 25.2. The summed E-state index contributed by atoms with van der Waals surface area (Å²) in [4.78, 5) is 12.6. The van der Waals surface area contributed by atoms with E-state index >= 15 is 0 Å². The molecule has 1 aromatic heterocycles. The Morgan fingerprint density at radius 2 is 1.75 bits per heavy atom. The van der Waals surface area contributed by atoms with Crippen LogP contribution in [-0.2, 0) is 6.18 Å². The number of aromatic nitrogens is 2. The van der Waals surface area contributed by atoms with Crippen molar-refractivity contribution in [3.63, 3.8) is 0 Å². The van der Waals surface area contributed by atoms with Gasteiger partial charge in [0.15, 0.2) is 23.2 Å². The molecule has 0 radical (unpaired) electrons. The molecule has 36 heavy (non-hydrogen) atoms. The molecule has 0 fully saturated rings. The Balaban J connectivity index is 1.63. The minimum Gasteiger partial charge on any atom is -0.493 e. The Bertz CT molecular complexity index is 1270. The number of carbonyl (C=O) groups is 1. The number of benzene rings is 2. The van der Waals surface area contributed by atoms with Crippen molar-refractivity contribution in [2.24, 2.45) is 0 Å². The molecule has 3 aromatic rings. The molecule has 13 heteroatoms. The molecule has 0 saturated carbocycles. The number of hydrogen-bond donors (Lipinski definition) is 2. The maximum Gasteiger partial charge on any atom is 0.416 e.